The molecule has 1 heterocycles. The number of amides is 1. The SMILES string of the molecule is COc1cc(C)ccc1C(=O)Nc1nccs1. The fraction of sp³-hybridized carbons (Fsp3) is 0.167. The van der Waals surface area contributed by atoms with Crippen LogP contribution in [0.2, 0.25) is 0 Å². The van der Waals surface area contributed by atoms with Crippen LogP contribution < -0.4 is 10.1 Å². The Bertz CT molecular complexity index is 523. The number of hydrogen-bond acceptors (Lipinski definition) is 4. The number of methoxy groups -OCH3 is 1. The predicted molar refractivity (Wildman–Crippen MR) is 67.8 cm³/mol. The molecule has 0 spiro atoms. The van der Waals surface area contributed by atoms with Crippen LogP contribution >= 0.6 is 11.3 Å². The number of ether oxygens (including phenoxy) is 1. The van der Waals surface area contributed by atoms with E-state index in [1.807, 2.05) is 24.4 Å². The first-order valence-electron chi connectivity index (χ1n) is 5.06. The third-order valence-electron chi connectivity index (χ3n) is 2.25. The smallest absolute Gasteiger partial charge is 0.261 e. The Hall–Kier alpha value is -1.88. The van der Waals surface area contributed by atoms with Crippen molar-refractivity contribution in [2.45, 2.75) is 6.92 Å². The first-order valence-corrected chi connectivity index (χ1v) is 5.94. The highest BCUT2D eigenvalue weighted by Gasteiger charge is 2.13. The molecule has 0 unspecified atom stereocenters. The van der Waals surface area contributed by atoms with E-state index < -0.39 is 0 Å². The number of carbonyl (C=O) groups is 1. The van der Waals surface area contributed by atoms with Gasteiger partial charge in [0.2, 0.25) is 0 Å². The van der Waals surface area contributed by atoms with Gasteiger partial charge in [-0.3, -0.25) is 10.1 Å². The van der Waals surface area contributed by atoms with Crippen LogP contribution in [0.1, 0.15) is 15.9 Å². The van der Waals surface area contributed by atoms with Crippen LogP contribution in [-0.2, 0) is 0 Å². The van der Waals surface area contributed by atoms with Crippen molar-refractivity contribution in [2.24, 2.45) is 0 Å². The molecule has 0 aliphatic rings. The molecule has 5 heteroatoms. The standard InChI is InChI=1S/C12H12N2O2S/c1-8-3-4-9(10(7-8)16-2)11(15)14-12-13-5-6-17-12/h3-7H,1-2H3,(H,13,14,15). The molecule has 1 aromatic heterocycles. The summed E-state index contributed by atoms with van der Waals surface area (Å²) in [5, 5.41) is 5.11. The van der Waals surface area contributed by atoms with Crippen LogP contribution in [-0.4, -0.2) is 18.0 Å². The summed E-state index contributed by atoms with van der Waals surface area (Å²) in [4.78, 5) is 16.0. The van der Waals surface area contributed by atoms with E-state index >= 15 is 0 Å². The van der Waals surface area contributed by atoms with Crippen molar-refractivity contribution in [3.05, 3.63) is 40.9 Å². The number of rotatable bonds is 3. The molecule has 1 N–H and O–H groups in total. The van der Waals surface area contributed by atoms with Crippen LogP contribution in [0, 0.1) is 6.92 Å². The number of carbonyl (C=O) groups excluding carboxylic acids is 1. The zero-order valence-corrected chi connectivity index (χ0v) is 10.4. The summed E-state index contributed by atoms with van der Waals surface area (Å²) in [6.07, 6.45) is 1.65. The average molecular weight is 248 g/mol. The lowest BCUT2D eigenvalue weighted by Gasteiger charge is -2.08. The maximum Gasteiger partial charge on any atom is 0.261 e. The summed E-state index contributed by atoms with van der Waals surface area (Å²) in [6.45, 7) is 1.95. The maximum absolute atomic E-state index is 12.0. The molecule has 88 valence electrons. The Morgan fingerprint density at radius 1 is 1.47 bits per heavy atom. The van der Waals surface area contributed by atoms with Crippen LogP contribution in [0.15, 0.2) is 29.8 Å². The first kappa shape index (κ1) is 11.6. The largest absolute Gasteiger partial charge is 0.496 e. The van der Waals surface area contributed by atoms with Gasteiger partial charge in [-0.1, -0.05) is 6.07 Å². The number of aryl methyl sites for hydroxylation is 1. The maximum atomic E-state index is 12.0. The van der Waals surface area contributed by atoms with E-state index in [1.165, 1.54) is 11.3 Å². The molecular formula is C12H12N2O2S. The molecule has 17 heavy (non-hydrogen) atoms. The number of benzene rings is 1. The van der Waals surface area contributed by atoms with Crippen molar-refractivity contribution >= 4 is 22.4 Å². The first-order chi connectivity index (χ1) is 8.20. The van der Waals surface area contributed by atoms with E-state index in [-0.39, 0.29) is 5.91 Å². The number of anilines is 1. The highest BCUT2D eigenvalue weighted by molar-refractivity contribution is 7.13. The van der Waals surface area contributed by atoms with Gasteiger partial charge in [0.15, 0.2) is 5.13 Å². The molecule has 2 rings (SSSR count). The molecule has 0 aliphatic heterocycles. The van der Waals surface area contributed by atoms with Gasteiger partial charge in [0.1, 0.15) is 5.75 Å². The fourth-order valence-corrected chi connectivity index (χ4v) is 1.96. The van der Waals surface area contributed by atoms with Gasteiger partial charge >= 0.3 is 0 Å². The van der Waals surface area contributed by atoms with Crippen LogP contribution in [0.4, 0.5) is 5.13 Å². The summed E-state index contributed by atoms with van der Waals surface area (Å²) in [6, 6.07) is 5.45. The molecule has 0 aliphatic carbocycles. The minimum Gasteiger partial charge on any atom is -0.496 e. The number of hydrogen-bond donors (Lipinski definition) is 1. The van der Waals surface area contributed by atoms with Gasteiger partial charge in [0.05, 0.1) is 12.7 Å². The monoisotopic (exact) mass is 248 g/mol. The molecule has 0 radical (unpaired) electrons. The average Bonchev–Trinajstić information content (AvgIpc) is 2.81. The van der Waals surface area contributed by atoms with Crippen molar-refractivity contribution in [1.29, 1.82) is 0 Å². The Balaban J connectivity index is 2.24. The molecule has 0 bridgehead atoms. The molecule has 2 aromatic rings. The Morgan fingerprint density at radius 2 is 2.29 bits per heavy atom. The van der Waals surface area contributed by atoms with Crippen molar-refractivity contribution < 1.29 is 9.53 Å². The lowest BCUT2D eigenvalue weighted by molar-refractivity contribution is 0.102. The highest BCUT2D eigenvalue weighted by atomic mass is 32.1. The zero-order chi connectivity index (χ0) is 12.3. The zero-order valence-electron chi connectivity index (χ0n) is 9.56. The van der Waals surface area contributed by atoms with Gasteiger partial charge in [-0.05, 0) is 24.6 Å². The van der Waals surface area contributed by atoms with Crippen molar-refractivity contribution in [2.75, 3.05) is 12.4 Å². The Kier molecular flexibility index (Phi) is 3.39. The van der Waals surface area contributed by atoms with E-state index in [2.05, 4.69) is 10.3 Å². The van der Waals surface area contributed by atoms with Gasteiger partial charge in [0.25, 0.3) is 5.91 Å². The second kappa shape index (κ2) is 4.97. The number of nitrogens with zero attached hydrogens (tertiary/aromatic N) is 1. The van der Waals surface area contributed by atoms with E-state index in [1.54, 1.807) is 19.4 Å². The molecule has 0 atom stereocenters. The molecule has 4 nitrogen and oxygen atoms in total. The minimum absolute atomic E-state index is 0.211. The van der Waals surface area contributed by atoms with Gasteiger partial charge < -0.3 is 4.74 Å². The second-order valence-electron chi connectivity index (χ2n) is 3.50. The van der Waals surface area contributed by atoms with Crippen LogP contribution in [0.5, 0.6) is 5.75 Å². The predicted octanol–water partition coefficient (Wildman–Crippen LogP) is 2.71. The number of thiazole rings is 1. The van der Waals surface area contributed by atoms with E-state index in [0.29, 0.717) is 16.4 Å². The van der Waals surface area contributed by atoms with E-state index in [9.17, 15) is 4.79 Å². The molecular weight excluding hydrogens is 236 g/mol. The van der Waals surface area contributed by atoms with E-state index in [0.717, 1.165) is 5.56 Å². The summed E-state index contributed by atoms with van der Waals surface area (Å²) in [7, 11) is 1.55. The van der Waals surface area contributed by atoms with Gasteiger partial charge in [-0.25, -0.2) is 4.98 Å². The summed E-state index contributed by atoms with van der Waals surface area (Å²) < 4.78 is 5.19. The number of aromatic nitrogens is 1. The van der Waals surface area contributed by atoms with Crippen LogP contribution in [0.25, 0.3) is 0 Å². The fourth-order valence-electron chi connectivity index (χ4n) is 1.44. The minimum atomic E-state index is -0.211. The third kappa shape index (κ3) is 2.62. The highest BCUT2D eigenvalue weighted by Crippen LogP contribution is 2.21. The molecule has 0 saturated carbocycles. The van der Waals surface area contributed by atoms with Gasteiger partial charge in [0, 0.05) is 11.6 Å². The topological polar surface area (TPSA) is 51.2 Å². The lowest BCUT2D eigenvalue weighted by atomic mass is 10.1. The Morgan fingerprint density at radius 3 is 2.94 bits per heavy atom. The summed E-state index contributed by atoms with van der Waals surface area (Å²) in [5.74, 6) is 0.357. The quantitative estimate of drug-likeness (QED) is 0.908. The molecule has 1 aromatic carbocycles. The number of nitrogens with one attached hydrogen (secondary N) is 1. The summed E-state index contributed by atoms with van der Waals surface area (Å²) in [5.41, 5.74) is 1.56. The normalized spacial score (nSPS) is 10.0. The molecule has 0 fully saturated rings. The Labute approximate surface area is 103 Å². The second-order valence-corrected chi connectivity index (χ2v) is 4.39. The van der Waals surface area contributed by atoms with Crippen LogP contribution in [0.3, 0.4) is 0 Å². The van der Waals surface area contributed by atoms with Gasteiger partial charge in [-0.2, -0.15) is 0 Å². The third-order valence-corrected chi connectivity index (χ3v) is 2.94. The molecule has 1 amide bonds. The van der Waals surface area contributed by atoms with Gasteiger partial charge in [-0.15, -0.1) is 11.3 Å². The molecule has 0 saturated heterocycles. The van der Waals surface area contributed by atoms with Crippen molar-refractivity contribution in [3.8, 4) is 5.75 Å². The van der Waals surface area contributed by atoms with Crippen molar-refractivity contribution in [1.82, 2.24) is 4.98 Å². The lowest BCUT2D eigenvalue weighted by Crippen LogP contribution is -2.13. The van der Waals surface area contributed by atoms with Crippen molar-refractivity contribution in [3.63, 3.8) is 0 Å². The van der Waals surface area contributed by atoms with E-state index in [4.69, 9.17) is 4.74 Å². The summed E-state index contributed by atoms with van der Waals surface area (Å²) >= 11 is 1.38.